The van der Waals surface area contributed by atoms with Crippen LogP contribution in [0.3, 0.4) is 0 Å². The fourth-order valence-electron chi connectivity index (χ4n) is 5.64. The van der Waals surface area contributed by atoms with Crippen molar-refractivity contribution in [3.05, 3.63) is 72.8 Å². The molecule has 0 saturated carbocycles. The molecule has 0 amide bonds. The van der Waals surface area contributed by atoms with Crippen molar-refractivity contribution in [3.63, 3.8) is 0 Å². The second-order valence-electron chi connectivity index (χ2n) is 12.8. The highest BCUT2D eigenvalue weighted by molar-refractivity contribution is 7.97. The van der Waals surface area contributed by atoms with Gasteiger partial charge in [-0.15, -0.1) is 0 Å². The Balaban J connectivity index is 0.00000205. The summed E-state index contributed by atoms with van der Waals surface area (Å²) in [7, 11) is -0.243. The summed E-state index contributed by atoms with van der Waals surface area (Å²) < 4.78 is 18.3. The monoisotopic (exact) mass is 708 g/mol. The van der Waals surface area contributed by atoms with Crippen molar-refractivity contribution < 1.29 is 29.2 Å². The molecule has 0 radical (unpaired) electrons. The summed E-state index contributed by atoms with van der Waals surface area (Å²) in [5, 5.41) is 15.3. The van der Waals surface area contributed by atoms with Gasteiger partial charge in [0.1, 0.15) is 17.2 Å². The van der Waals surface area contributed by atoms with E-state index in [1.807, 2.05) is 0 Å². The number of hydrogen-bond donors (Lipinski definition) is 1. The molecular weight excluding hydrogens is 645 g/mol. The van der Waals surface area contributed by atoms with Crippen LogP contribution in [0, 0.1) is 0 Å². The van der Waals surface area contributed by atoms with E-state index in [4.69, 9.17) is 29.2 Å². The quantitative estimate of drug-likeness (QED) is 0.0626. The highest BCUT2D eigenvalue weighted by Gasteiger charge is 2.29. The summed E-state index contributed by atoms with van der Waals surface area (Å²) in [6.07, 6.45) is 20.9. The van der Waals surface area contributed by atoms with Crippen molar-refractivity contribution in [2.24, 2.45) is 0 Å². The first-order valence-corrected chi connectivity index (χ1v) is 20.5. The van der Waals surface area contributed by atoms with Gasteiger partial charge in [0.05, 0.1) is 30.7 Å². The summed E-state index contributed by atoms with van der Waals surface area (Å²) in [5.41, 5.74) is 0. The summed E-state index contributed by atoms with van der Waals surface area (Å²) in [6, 6.07) is 26.3. The molecule has 50 heavy (non-hydrogen) atoms. The van der Waals surface area contributed by atoms with E-state index in [0.29, 0.717) is 0 Å². The molecule has 278 valence electrons. The van der Waals surface area contributed by atoms with Crippen molar-refractivity contribution in [3.8, 4) is 17.2 Å². The standard InChI is InChI=1S/C42H63O3S.CH2O3/c1-4-7-10-13-16-19-34-43-37-22-28-40(29-23-37)46(41-30-24-38(25-31-41)44-35-20-17-14-11-8-5-2)42-32-26-39(27-33-42)45-36-21-18-15-12-9-6-3;2-1(3)4/h22-33H,4-21,34-36H2,1-3H3;(H2,2,3,4)/q+1;/p-1. The molecule has 6 nitrogen and oxygen atoms in total. The number of unbranched alkanes of at least 4 members (excludes halogenated alkanes) is 15. The highest BCUT2D eigenvalue weighted by Crippen LogP contribution is 2.34. The number of benzene rings is 3. The fraction of sp³-hybridized carbons (Fsp3) is 0.558. The van der Waals surface area contributed by atoms with Gasteiger partial charge < -0.3 is 29.2 Å². The average Bonchev–Trinajstić information content (AvgIpc) is 3.12. The van der Waals surface area contributed by atoms with Crippen LogP contribution in [0.2, 0.25) is 0 Å². The Hall–Kier alpha value is -3.32. The van der Waals surface area contributed by atoms with Gasteiger partial charge in [0.25, 0.3) is 0 Å². The van der Waals surface area contributed by atoms with E-state index >= 15 is 0 Å². The Morgan fingerprint density at radius 3 is 0.920 bits per heavy atom. The van der Waals surface area contributed by atoms with Crippen LogP contribution >= 0.6 is 0 Å². The Kier molecular flexibility index (Phi) is 24.3. The van der Waals surface area contributed by atoms with Gasteiger partial charge in [0, 0.05) is 0 Å². The van der Waals surface area contributed by atoms with E-state index in [-0.39, 0.29) is 10.9 Å². The Bertz CT molecular complexity index is 1080. The topological polar surface area (TPSA) is 88.1 Å². The summed E-state index contributed by atoms with van der Waals surface area (Å²) >= 11 is 0. The maximum absolute atomic E-state index is 8.44. The first kappa shape index (κ1) is 42.8. The smallest absolute Gasteiger partial charge is 0.249 e. The predicted molar refractivity (Wildman–Crippen MR) is 206 cm³/mol. The number of hydrogen-bond acceptors (Lipinski definition) is 5. The highest BCUT2D eigenvalue weighted by atomic mass is 32.2. The van der Waals surface area contributed by atoms with Crippen LogP contribution in [0.25, 0.3) is 0 Å². The molecule has 0 bridgehead atoms. The molecule has 0 heterocycles. The van der Waals surface area contributed by atoms with Gasteiger partial charge in [0.2, 0.25) is 6.16 Å². The third-order valence-electron chi connectivity index (χ3n) is 8.48. The molecule has 0 saturated heterocycles. The minimum atomic E-state index is -2.08. The molecule has 0 aromatic heterocycles. The predicted octanol–water partition coefficient (Wildman–Crippen LogP) is 11.9. The van der Waals surface area contributed by atoms with Gasteiger partial charge >= 0.3 is 0 Å². The summed E-state index contributed by atoms with van der Waals surface area (Å²) in [5.74, 6) is 2.87. The molecule has 0 atom stereocenters. The van der Waals surface area contributed by atoms with Crippen LogP contribution in [-0.4, -0.2) is 31.1 Å². The molecule has 7 heteroatoms. The van der Waals surface area contributed by atoms with E-state index in [1.165, 1.54) is 111 Å². The zero-order valence-corrected chi connectivity index (χ0v) is 32.0. The van der Waals surface area contributed by atoms with E-state index in [9.17, 15) is 0 Å². The Morgan fingerprint density at radius 1 is 0.460 bits per heavy atom. The van der Waals surface area contributed by atoms with Crippen molar-refractivity contribution in [2.45, 2.75) is 151 Å². The lowest BCUT2D eigenvalue weighted by Gasteiger charge is -2.12. The fourth-order valence-corrected chi connectivity index (χ4v) is 7.68. The molecular formula is C43H64O6S. The molecule has 0 fully saturated rings. The van der Waals surface area contributed by atoms with E-state index in [0.717, 1.165) is 56.3 Å². The first-order chi connectivity index (χ1) is 24.5. The van der Waals surface area contributed by atoms with E-state index in [1.54, 1.807) is 0 Å². The molecule has 3 rings (SSSR count). The molecule has 1 N–H and O–H groups in total. The normalized spacial score (nSPS) is 10.8. The largest absolute Gasteiger partial charge is 0.565 e. The van der Waals surface area contributed by atoms with Gasteiger partial charge in [-0.3, -0.25) is 0 Å². The minimum Gasteiger partial charge on any atom is -0.565 e. The molecule has 0 aliphatic carbocycles. The number of carbonyl (C=O) groups is 1. The lowest BCUT2D eigenvalue weighted by atomic mass is 10.1. The van der Waals surface area contributed by atoms with Gasteiger partial charge in [-0.05, 0) is 92.1 Å². The van der Waals surface area contributed by atoms with Crippen LogP contribution in [0.5, 0.6) is 17.2 Å². The van der Waals surface area contributed by atoms with Crippen molar-refractivity contribution >= 4 is 17.1 Å². The van der Waals surface area contributed by atoms with Gasteiger partial charge in [-0.1, -0.05) is 117 Å². The van der Waals surface area contributed by atoms with Gasteiger partial charge in [-0.2, -0.15) is 0 Å². The molecule has 0 aliphatic rings. The molecule has 3 aromatic rings. The van der Waals surface area contributed by atoms with Gasteiger partial charge in [0.15, 0.2) is 14.7 Å². The van der Waals surface area contributed by atoms with Crippen LogP contribution in [0.1, 0.15) is 136 Å². The maximum Gasteiger partial charge on any atom is 0.249 e. The second kappa shape index (κ2) is 28.4. The van der Waals surface area contributed by atoms with E-state index in [2.05, 4.69) is 93.6 Å². The third kappa shape index (κ3) is 19.8. The lowest BCUT2D eigenvalue weighted by molar-refractivity contribution is -0.275. The van der Waals surface area contributed by atoms with Crippen molar-refractivity contribution in [2.75, 3.05) is 19.8 Å². The molecule has 0 spiro atoms. The molecule has 0 aliphatic heterocycles. The zero-order chi connectivity index (χ0) is 36.1. The first-order valence-electron chi connectivity index (χ1n) is 19.3. The van der Waals surface area contributed by atoms with Gasteiger partial charge in [-0.25, -0.2) is 0 Å². The van der Waals surface area contributed by atoms with Crippen LogP contribution in [-0.2, 0) is 10.9 Å². The zero-order valence-electron chi connectivity index (χ0n) is 31.2. The summed E-state index contributed by atoms with van der Waals surface area (Å²) in [6.45, 7) is 9.16. The van der Waals surface area contributed by atoms with Crippen LogP contribution in [0.4, 0.5) is 4.79 Å². The van der Waals surface area contributed by atoms with E-state index < -0.39 is 6.16 Å². The van der Waals surface area contributed by atoms with Crippen LogP contribution in [0.15, 0.2) is 87.5 Å². The third-order valence-corrected chi connectivity index (χ3v) is 10.7. The van der Waals surface area contributed by atoms with Crippen LogP contribution < -0.4 is 19.3 Å². The van der Waals surface area contributed by atoms with Crippen molar-refractivity contribution in [1.29, 1.82) is 0 Å². The lowest BCUT2D eigenvalue weighted by Crippen LogP contribution is -2.17. The molecule has 0 unspecified atom stereocenters. The number of ether oxygens (including phenoxy) is 3. The maximum atomic E-state index is 8.44. The Labute approximate surface area is 306 Å². The second-order valence-corrected chi connectivity index (χ2v) is 14.9. The minimum absolute atomic E-state index is 0.243. The number of rotatable bonds is 27. The average molecular weight is 709 g/mol. The molecule has 3 aromatic carbocycles. The van der Waals surface area contributed by atoms with Crippen molar-refractivity contribution in [1.82, 2.24) is 0 Å². The SMILES string of the molecule is CCCCCCCCOc1ccc([S+](c2ccc(OCCCCCCCC)cc2)c2ccc(OCCCCCCCC)cc2)cc1.O=C([O-])O. The number of carboxylic acid groups (broad SMARTS) is 2. The Morgan fingerprint density at radius 2 is 0.680 bits per heavy atom. The summed E-state index contributed by atoms with van der Waals surface area (Å²) in [4.78, 5) is 12.3.